The maximum absolute atomic E-state index is 6.32. The number of hydrogen-bond acceptors (Lipinski definition) is 2. The summed E-state index contributed by atoms with van der Waals surface area (Å²) in [6, 6.07) is 73.2. The Morgan fingerprint density at radius 1 is 0.339 bits per heavy atom. The lowest BCUT2D eigenvalue weighted by molar-refractivity contribution is 0.569. The summed E-state index contributed by atoms with van der Waals surface area (Å²) >= 11 is 0. The summed E-state index contributed by atoms with van der Waals surface area (Å²) in [5.74, 6) is 0. The quantitative estimate of drug-likeness (QED) is 0.160. The van der Waals surface area contributed by atoms with E-state index in [-0.39, 0.29) is 10.8 Å². The SMILES string of the molecule is CC(C)(C)c1cc(-c2ccccc2N(c2ccccc2-c2ccc3oc4ccccc4c3c2)c2ccccc2-c2cccc3cccc(-c4ccccc4)c23)cc(C(C)(C)C)c1. The van der Waals surface area contributed by atoms with Gasteiger partial charge in [0.1, 0.15) is 11.2 Å². The van der Waals surface area contributed by atoms with Gasteiger partial charge in [0.05, 0.1) is 17.1 Å². The van der Waals surface area contributed by atoms with Crippen molar-refractivity contribution in [1.82, 2.24) is 0 Å². The molecule has 0 saturated carbocycles. The predicted octanol–water partition coefficient (Wildman–Crippen LogP) is 17.5. The molecule has 0 atom stereocenters. The molecule has 302 valence electrons. The van der Waals surface area contributed by atoms with Crippen LogP contribution in [0, 0.1) is 0 Å². The maximum Gasteiger partial charge on any atom is 0.135 e. The minimum Gasteiger partial charge on any atom is -0.456 e. The van der Waals surface area contributed by atoms with E-state index >= 15 is 0 Å². The van der Waals surface area contributed by atoms with Gasteiger partial charge in [-0.3, -0.25) is 0 Å². The fourth-order valence-electron chi connectivity index (χ4n) is 9.08. The molecular weight excluding hydrogens is 751 g/mol. The summed E-state index contributed by atoms with van der Waals surface area (Å²) in [6.07, 6.45) is 0. The summed E-state index contributed by atoms with van der Waals surface area (Å²) in [7, 11) is 0. The van der Waals surface area contributed by atoms with Crippen molar-refractivity contribution in [3.63, 3.8) is 0 Å². The Kier molecular flexibility index (Phi) is 9.68. The molecule has 1 aromatic heterocycles. The van der Waals surface area contributed by atoms with Crippen molar-refractivity contribution >= 4 is 49.8 Å². The lowest BCUT2D eigenvalue weighted by Crippen LogP contribution is -2.17. The zero-order valence-electron chi connectivity index (χ0n) is 36.4. The van der Waals surface area contributed by atoms with E-state index in [4.69, 9.17) is 4.42 Å². The molecule has 2 heteroatoms. The molecule has 0 radical (unpaired) electrons. The summed E-state index contributed by atoms with van der Waals surface area (Å²) in [5.41, 5.74) is 17.1. The second-order valence-electron chi connectivity index (χ2n) is 18.6. The minimum atomic E-state index is -0.0371. The van der Waals surface area contributed by atoms with Crippen molar-refractivity contribution in [2.75, 3.05) is 4.90 Å². The van der Waals surface area contributed by atoms with Gasteiger partial charge >= 0.3 is 0 Å². The molecule has 0 unspecified atom stereocenters. The number of furan rings is 1. The van der Waals surface area contributed by atoms with Crippen molar-refractivity contribution in [2.24, 2.45) is 0 Å². The summed E-state index contributed by atoms with van der Waals surface area (Å²) in [4.78, 5) is 2.52. The van der Waals surface area contributed by atoms with Gasteiger partial charge in [-0.2, -0.15) is 0 Å². The highest BCUT2D eigenvalue weighted by Crippen LogP contribution is 2.50. The molecule has 0 aliphatic heterocycles. The minimum absolute atomic E-state index is 0.0371. The monoisotopic (exact) mass is 801 g/mol. The topological polar surface area (TPSA) is 16.4 Å². The van der Waals surface area contributed by atoms with Crippen LogP contribution in [0.25, 0.3) is 77.2 Å². The number of nitrogens with zero attached hydrogens (tertiary/aromatic N) is 1. The first-order valence-electron chi connectivity index (χ1n) is 21.8. The van der Waals surface area contributed by atoms with E-state index in [9.17, 15) is 0 Å². The fraction of sp³-hybridized carbons (Fsp3) is 0.133. The van der Waals surface area contributed by atoms with Crippen LogP contribution < -0.4 is 4.90 Å². The molecule has 9 aromatic carbocycles. The standard InChI is InChI=1S/C60H51NO/c1-59(2,3)44-36-43(37-45(39-44)60(4,5)6)47-25-11-15-31-54(47)61(53-30-14-10-24-46(53)42-34-35-57-52(38-42)50-27-13-17-33-56(50)62-57)55-32-16-12-26-49(55)51-29-19-23-41-22-18-28-48(58(41)51)40-20-8-7-9-21-40/h7-39H,1-6H3. The van der Waals surface area contributed by atoms with E-state index in [0.717, 1.165) is 55.7 Å². The molecule has 2 nitrogen and oxygen atoms in total. The average Bonchev–Trinajstić information content (AvgIpc) is 3.67. The van der Waals surface area contributed by atoms with Crippen molar-refractivity contribution in [3.05, 3.63) is 211 Å². The smallest absolute Gasteiger partial charge is 0.135 e. The first kappa shape index (κ1) is 39.0. The highest BCUT2D eigenvalue weighted by molar-refractivity contribution is 6.10. The van der Waals surface area contributed by atoms with Gasteiger partial charge in [0, 0.05) is 27.5 Å². The molecule has 0 fully saturated rings. The van der Waals surface area contributed by atoms with Gasteiger partial charge in [0.2, 0.25) is 0 Å². The zero-order valence-corrected chi connectivity index (χ0v) is 36.4. The van der Waals surface area contributed by atoms with Gasteiger partial charge in [0.15, 0.2) is 0 Å². The van der Waals surface area contributed by atoms with Gasteiger partial charge in [0.25, 0.3) is 0 Å². The molecular formula is C60H51NO. The Labute approximate surface area is 365 Å². The molecule has 10 aromatic rings. The third-order valence-corrected chi connectivity index (χ3v) is 12.4. The van der Waals surface area contributed by atoms with Gasteiger partial charge in [-0.25, -0.2) is 0 Å². The molecule has 1 heterocycles. The second-order valence-corrected chi connectivity index (χ2v) is 18.6. The first-order chi connectivity index (χ1) is 30.0. The summed E-state index contributed by atoms with van der Waals surface area (Å²) < 4.78 is 6.32. The van der Waals surface area contributed by atoms with E-state index in [0.29, 0.717) is 0 Å². The molecule has 0 aliphatic carbocycles. The number of para-hydroxylation sites is 4. The van der Waals surface area contributed by atoms with Crippen molar-refractivity contribution < 1.29 is 4.42 Å². The lowest BCUT2D eigenvalue weighted by Gasteiger charge is -2.32. The number of benzene rings is 9. The van der Waals surface area contributed by atoms with E-state index in [1.54, 1.807) is 0 Å². The normalized spacial score (nSPS) is 12.0. The van der Waals surface area contributed by atoms with Crippen molar-refractivity contribution in [3.8, 4) is 44.5 Å². The Morgan fingerprint density at radius 3 is 1.48 bits per heavy atom. The van der Waals surface area contributed by atoms with Crippen LogP contribution in [0.1, 0.15) is 52.7 Å². The first-order valence-corrected chi connectivity index (χ1v) is 21.8. The summed E-state index contributed by atoms with van der Waals surface area (Å²) in [5, 5.41) is 4.67. The third-order valence-electron chi connectivity index (χ3n) is 12.4. The number of anilines is 3. The molecule has 0 N–H and O–H groups in total. The molecule has 0 spiro atoms. The second kappa shape index (κ2) is 15.4. The number of rotatable bonds is 7. The van der Waals surface area contributed by atoms with Crippen molar-refractivity contribution in [2.45, 2.75) is 52.4 Å². The van der Waals surface area contributed by atoms with Gasteiger partial charge < -0.3 is 9.32 Å². The Balaban J connectivity index is 1.27. The zero-order chi connectivity index (χ0) is 42.6. The van der Waals surface area contributed by atoms with Crippen LogP contribution >= 0.6 is 0 Å². The van der Waals surface area contributed by atoms with Gasteiger partial charge in [-0.05, 0) is 96.9 Å². The van der Waals surface area contributed by atoms with Crippen LogP contribution in [0.4, 0.5) is 17.1 Å². The Hall–Kier alpha value is -7.16. The van der Waals surface area contributed by atoms with Crippen LogP contribution in [0.2, 0.25) is 0 Å². The lowest BCUT2D eigenvalue weighted by atomic mass is 9.78. The van der Waals surface area contributed by atoms with E-state index in [1.807, 2.05) is 6.07 Å². The number of fused-ring (bicyclic) bond motifs is 4. The molecule has 10 rings (SSSR count). The van der Waals surface area contributed by atoms with E-state index in [2.05, 4.69) is 241 Å². The molecule has 0 bridgehead atoms. The Morgan fingerprint density at radius 2 is 0.839 bits per heavy atom. The van der Waals surface area contributed by atoms with Gasteiger partial charge in [-0.15, -0.1) is 0 Å². The predicted molar refractivity (Wildman–Crippen MR) is 265 cm³/mol. The highest BCUT2D eigenvalue weighted by Gasteiger charge is 2.27. The van der Waals surface area contributed by atoms with Crippen LogP contribution in [0.15, 0.2) is 205 Å². The van der Waals surface area contributed by atoms with Crippen LogP contribution in [-0.4, -0.2) is 0 Å². The highest BCUT2D eigenvalue weighted by atomic mass is 16.3. The van der Waals surface area contributed by atoms with Crippen LogP contribution in [0.5, 0.6) is 0 Å². The maximum atomic E-state index is 6.32. The summed E-state index contributed by atoms with van der Waals surface area (Å²) in [6.45, 7) is 13.9. The molecule has 62 heavy (non-hydrogen) atoms. The van der Waals surface area contributed by atoms with Crippen molar-refractivity contribution in [1.29, 1.82) is 0 Å². The number of hydrogen-bond donors (Lipinski definition) is 0. The molecule has 0 amide bonds. The third kappa shape index (κ3) is 7.06. The average molecular weight is 802 g/mol. The largest absolute Gasteiger partial charge is 0.456 e. The van der Waals surface area contributed by atoms with Gasteiger partial charge in [-0.1, -0.05) is 205 Å². The Bertz CT molecular complexity index is 3230. The molecule has 0 saturated heterocycles. The fourth-order valence-corrected chi connectivity index (χ4v) is 9.08. The molecule has 0 aliphatic rings. The van der Waals surface area contributed by atoms with E-state index < -0.39 is 0 Å². The van der Waals surface area contributed by atoms with Crippen LogP contribution in [-0.2, 0) is 10.8 Å². The van der Waals surface area contributed by atoms with Crippen LogP contribution in [0.3, 0.4) is 0 Å². The van der Waals surface area contributed by atoms with E-state index in [1.165, 1.54) is 49.7 Å².